The molecule has 0 aliphatic heterocycles. The monoisotopic (exact) mass is 164 g/mol. The summed E-state index contributed by atoms with van der Waals surface area (Å²) < 4.78 is 4.93. The van der Waals surface area contributed by atoms with Crippen LogP contribution in [0.1, 0.15) is 19.1 Å². The first-order valence-electron chi connectivity index (χ1n) is 4.03. The van der Waals surface area contributed by atoms with E-state index in [1.807, 2.05) is 25.1 Å². The molecule has 2 nitrogen and oxygen atoms in total. The molecule has 0 aliphatic rings. The van der Waals surface area contributed by atoms with E-state index in [0.717, 1.165) is 18.6 Å². The molecule has 1 aromatic heterocycles. The molecule has 0 saturated heterocycles. The van der Waals surface area contributed by atoms with Gasteiger partial charge in [-0.05, 0) is 19.4 Å². The average molecular weight is 164 g/mol. The Morgan fingerprint density at radius 2 is 2.33 bits per heavy atom. The Morgan fingerprint density at radius 1 is 1.50 bits per heavy atom. The van der Waals surface area contributed by atoms with Gasteiger partial charge in [-0.1, -0.05) is 18.2 Å². The molecule has 64 valence electrons. The van der Waals surface area contributed by atoms with Crippen LogP contribution in [0, 0.1) is 0 Å². The number of aryl methyl sites for hydroxylation is 1. The largest absolute Gasteiger partial charge is 0.428 e. The molecule has 0 amide bonds. The van der Waals surface area contributed by atoms with Crippen molar-refractivity contribution in [3.8, 4) is 0 Å². The summed E-state index contributed by atoms with van der Waals surface area (Å²) in [7, 11) is 0. The Morgan fingerprint density at radius 3 is 3.00 bits per heavy atom. The van der Waals surface area contributed by atoms with Crippen molar-refractivity contribution in [1.82, 2.24) is 0 Å². The highest BCUT2D eigenvalue weighted by Gasteiger charge is 1.92. The normalized spacial score (nSPS) is 10.8. The highest BCUT2D eigenvalue weighted by molar-refractivity contribution is 5.00. The van der Waals surface area contributed by atoms with Crippen LogP contribution in [0.3, 0.4) is 0 Å². The van der Waals surface area contributed by atoms with E-state index >= 15 is 0 Å². The van der Waals surface area contributed by atoms with Gasteiger partial charge in [0, 0.05) is 12.5 Å². The van der Waals surface area contributed by atoms with Crippen LogP contribution < -0.4 is 5.63 Å². The minimum absolute atomic E-state index is 0.270. The van der Waals surface area contributed by atoms with Crippen molar-refractivity contribution in [2.24, 2.45) is 0 Å². The molecule has 0 aliphatic carbocycles. The number of allylic oxidation sites excluding steroid dienone is 2. The van der Waals surface area contributed by atoms with Crippen LogP contribution in [-0.4, -0.2) is 0 Å². The van der Waals surface area contributed by atoms with Crippen LogP contribution in [0.5, 0.6) is 0 Å². The van der Waals surface area contributed by atoms with Gasteiger partial charge in [-0.2, -0.15) is 0 Å². The molecule has 1 rings (SSSR count). The Labute approximate surface area is 71.5 Å². The summed E-state index contributed by atoms with van der Waals surface area (Å²) in [5.41, 5.74) is -0.270. The lowest BCUT2D eigenvalue weighted by molar-refractivity contribution is 0.460. The van der Waals surface area contributed by atoms with Crippen LogP contribution in [0.25, 0.3) is 0 Å². The molecule has 12 heavy (non-hydrogen) atoms. The Balaban J connectivity index is 2.58. The molecule has 2 heteroatoms. The van der Waals surface area contributed by atoms with Gasteiger partial charge in [0.05, 0.1) is 0 Å². The molecular weight excluding hydrogens is 152 g/mol. The highest BCUT2D eigenvalue weighted by atomic mass is 16.4. The molecule has 0 atom stereocenters. The quantitative estimate of drug-likeness (QED) is 0.641. The summed E-state index contributed by atoms with van der Waals surface area (Å²) in [6, 6.07) is 4.96. The van der Waals surface area contributed by atoms with E-state index in [9.17, 15) is 4.79 Å². The van der Waals surface area contributed by atoms with Crippen molar-refractivity contribution in [3.63, 3.8) is 0 Å². The summed E-state index contributed by atoms with van der Waals surface area (Å²) in [4.78, 5) is 10.7. The maximum atomic E-state index is 10.7. The van der Waals surface area contributed by atoms with E-state index < -0.39 is 0 Å². The topological polar surface area (TPSA) is 30.2 Å². The zero-order valence-electron chi connectivity index (χ0n) is 7.12. The first-order chi connectivity index (χ1) is 5.83. The predicted molar refractivity (Wildman–Crippen MR) is 48.1 cm³/mol. The van der Waals surface area contributed by atoms with Gasteiger partial charge >= 0.3 is 5.63 Å². The zero-order valence-corrected chi connectivity index (χ0v) is 7.12. The summed E-state index contributed by atoms with van der Waals surface area (Å²) in [6.07, 6.45) is 5.75. The standard InChI is InChI=1S/C10H12O2/c1-2-3-4-6-9-7-5-8-10(11)12-9/h2-3,5,7-8H,4,6H2,1H3/b3-2-. The molecule has 0 unspecified atom stereocenters. The van der Waals surface area contributed by atoms with Crippen LogP contribution in [-0.2, 0) is 6.42 Å². The molecule has 1 aromatic rings. The molecule has 0 spiro atoms. The SMILES string of the molecule is C/C=C\CCc1cccc(=O)o1. The van der Waals surface area contributed by atoms with Gasteiger partial charge in [0.1, 0.15) is 5.76 Å². The number of hydrogen-bond donors (Lipinski definition) is 0. The van der Waals surface area contributed by atoms with Crippen molar-refractivity contribution < 1.29 is 4.42 Å². The van der Waals surface area contributed by atoms with Crippen molar-refractivity contribution in [3.05, 3.63) is 46.5 Å². The van der Waals surface area contributed by atoms with Gasteiger partial charge in [-0.3, -0.25) is 0 Å². The third-order valence-corrected chi connectivity index (χ3v) is 1.54. The third kappa shape index (κ3) is 2.74. The summed E-state index contributed by atoms with van der Waals surface area (Å²) in [6.45, 7) is 1.97. The maximum absolute atomic E-state index is 10.7. The van der Waals surface area contributed by atoms with E-state index in [4.69, 9.17) is 4.42 Å². The summed E-state index contributed by atoms with van der Waals surface area (Å²) >= 11 is 0. The summed E-state index contributed by atoms with van der Waals surface area (Å²) in [5.74, 6) is 0.751. The van der Waals surface area contributed by atoms with Gasteiger partial charge in [0.25, 0.3) is 0 Å². The molecule has 0 N–H and O–H groups in total. The summed E-state index contributed by atoms with van der Waals surface area (Å²) in [5, 5.41) is 0. The van der Waals surface area contributed by atoms with Gasteiger partial charge in [-0.15, -0.1) is 0 Å². The molecule has 0 bridgehead atoms. The molecule has 0 fully saturated rings. The smallest absolute Gasteiger partial charge is 0.335 e. The van der Waals surface area contributed by atoms with Gasteiger partial charge in [0.2, 0.25) is 0 Å². The zero-order chi connectivity index (χ0) is 8.81. The predicted octanol–water partition coefficient (Wildman–Crippen LogP) is 2.15. The molecule has 1 heterocycles. The second kappa shape index (κ2) is 4.54. The second-order valence-corrected chi connectivity index (χ2v) is 2.52. The molecule has 0 radical (unpaired) electrons. The van der Waals surface area contributed by atoms with Crippen LogP contribution in [0.4, 0.5) is 0 Å². The molecular formula is C10H12O2. The van der Waals surface area contributed by atoms with E-state index in [1.54, 1.807) is 6.07 Å². The Kier molecular flexibility index (Phi) is 3.33. The number of hydrogen-bond acceptors (Lipinski definition) is 2. The minimum atomic E-state index is -0.270. The first-order valence-corrected chi connectivity index (χ1v) is 4.03. The fourth-order valence-corrected chi connectivity index (χ4v) is 0.958. The lowest BCUT2D eigenvalue weighted by atomic mass is 10.2. The van der Waals surface area contributed by atoms with E-state index in [2.05, 4.69) is 0 Å². The Hall–Kier alpha value is -1.31. The van der Waals surface area contributed by atoms with Gasteiger partial charge < -0.3 is 4.42 Å². The van der Waals surface area contributed by atoms with E-state index in [-0.39, 0.29) is 5.63 Å². The lowest BCUT2D eigenvalue weighted by Crippen LogP contribution is -1.97. The fraction of sp³-hybridized carbons (Fsp3) is 0.300. The third-order valence-electron chi connectivity index (χ3n) is 1.54. The van der Waals surface area contributed by atoms with Crippen molar-refractivity contribution >= 4 is 0 Å². The van der Waals surface area contributed by atoms with Gasteiger partial charge in [-0.25, -0.2) is 4.79 Å². The van der Waals surface area contributed by atoms with Crippen molar-refractivity contribution in [2.45, 2.75) is 19.8 Å². The van der Waals surface area contributed by atoms with Crippen molar-refractivity contribution in [2.75, 3.05) is 0 Å². The highest BCUT2D eigenvalue weighted by Crippen LogP contribution is 1.99. The van der Waals surface area contributed by atoms with Crippen molar-refractivity contribution in [1.29, 1.82) is 0 Å². The Bertz CT molecular complexity index is 310. The maximum Gasteiger partial charge on any atom is 0.335 e. The molecule has 0 aromatic carbocycles. The molecule has 0 saturated carbocycles. The minimum Gasteiger partial charge on any atom is -0.428 e. The van der Waals surface area contributed by atoms with E-state index in [0.29, 0.717) is 0 Å². The fourth-order valence-electron chi connectivity index (χ4n) is 0.958. The lowest BCUT2D eigenvalue weighted by Gasteiger charge is -1.93. The first kappa shape index (κ1) is 8.78. The van der Waals surface area contributed by atoms with Gasteiger partial charge in [0.15, 0.2) is 0 Å². The van der Waals surface area contributed by atoms with Crippen LogP contribution in [0.2, 0.25) is 0 Å². The van der Waals surface area contributed by atoms with E-state index in [1.165, 1.54) is 6.07 Å². The van der Waals surface area contributed by atoms with Crippen LogP contribution >= 0.6 is 0 Å². The number of rotatable bonds is 3. The average Bonchev–Trinajstić information content (AvgIpc) is 2.05. The second-order valence-electron chi connectivity index (χ2n) is 2.52. The van der Waals surface area contributed by atoms with Crippen LogP contribution in [0.15, 0.2) is 39.6 Å².